The van der Waals surface area contributed by atoms with Crippen molar-refractivity contribution in [2.75, 3.05) is 18.9 Å². The zero-order chi connectivity index (χ0) is 21.5. The number of unbranched alkanes of at least 4 members (excludes halogenated alkanes) is 5. The summed E-state index contributed by atoms with van der Waals surface area (Å²) in [6, 6.07) is 1.20. The number of phosphoric ester groups is 1. The van der Waals surface area contributed by atoms with Gasteiger partial charge in [0.15, 0.2) is 0 Å². The number of nitrogens with zero attached hydrogens (tertiary/aromatic N) is 2. The fourth-order valence-electron chi connectivity index (χ4n) is 2.98. The molecule has 3 N–H and O–H groups in total. The standard InChI is InChI=1S/C17H28F2N3O6P/c1-2-3-4-5-6-7-10-26-29(24,25)27-12-13-11-17(18,19)15(28-13)22-9-8-14(20)21-16(22)23/h8-9,13,15H,2-7,10-12H2,1H3,(H,24,25)(H2,20,21,23). The average molecular weight is 439 g/mol. The molecule has 1 aliphatic rings. The largest absolute Gasteiger partial charge is 0.472 e. The molecule has 166 valence electrons. The second kappa shape index (κ2) is 10.6. The van der Waals surface area contributed by atoms with Crippen LogP contribution in [0, 0.1) is 0 Å². The van der Waals surface area contributed by atoms with E-state index >= 15 is 0 Å². The van der Waals surface area contributed by atoms with Crippen molar-refractivity contribution in [3.63, 3.8) is 0 Å². The van der Waals surface area contributed by atoms with Crippen LogP contribution in [0.25, 0.3) is 0 Å². The Kier molecular flexibility index (Phi) is 8.72. The lowest BCUT2D eigenvalue weighted by atomic mass is 10.1. The number of nitrogens with two attached hydrogens (primary N) is 1. The van der Waals surface area contributed by atoms with Crippen molar-refractivity contribution >= 4 is 13.6 Å². The van der Waals surface area contributed by atoms with E-state index in [0.717, 1.165) is 38.3 Å². The predicted molar refractivity (Wildman–Crippen MR) is 101 cm³/mol. The highest BCUT2D eigenvalue weighted by molar-refractivity contribution is 7.47. The summed E-state index contributed by atoms with van der Waals surface area (Å²) in [6.45, 7) is 1.57. The van der Waals surface area contributed by atoms with Gasteiger partial charge in [0, 0.05) is 12.6 Å². The van der Waals surface area contributed by atoms with Gasteiger partial charge < -0.3 is 15.4 Å². The molecule has 12 heteroatoms. The van der Waals surface area contributed by atoms with Crippen LogP contribution in [-0.2, 0) is 18.3 Å². The first-order valence-corrected chi connectivity index (χ1v) is 11.1. The quantitative estimate of drug-likeness (QED) is 0.376. The van der Waals surface area contributed by atoms with Gasteiger partial charge in [0.1, 0.15) is 5.82 Å². The SMILES string of the molecule is CCCCCCCCOP(=O)(O)OCC1CC(F)(F)C(n2ccc(N)nc2=O)O1. The molecule has 29 heavy (non-hydrogen) atoms. The molecule has 1 aromatic rings. The van der Waals surface area contributed by atoms with Crippen LogP contribution in [0.5, 0.6) is 0 Å². The monoisotopic (exact) mass is 439 g/mol. The van der Waals surface area contributed by atoms with Gasteiger partial charge in [-0.25, -0.2) is 18.1 Å². The molecule has 0 saturated carbocycles. The van der Waals surface area contributed by atoms with Gasteiger partial charge in [0.05, 0.1) is 19.3 Å². The Morgan fingerprint density at radius 3 is 2.72 bits per heavy atom. The van der Waals surface area contributed by atoms with E-state index in [1.165, 1.54) is 6.07 Å². The van der Waals surface area contributed by atoms with E-state index in [1.807, 2.05) is 0 Å². The molecule has 0 aromatic carbocycles. The van der Waals surface area contributed by atoms with Crippen LogP contribution < -0.4 is 11.4 Å². The van der Waals surface area contributed by atoms with Crippen LogP contribution in [0.1, 0.15) is 58.1 Å². The third-order valence-corrected chi connectivity index (χ3v) is 5.45. The fraction of sp³-hybridized carbons (Fsp3) is 0.765. The van der Waals surface area contributed by atoms with E-state index in [2.05, 4.69) is 11.9 Å². The molecule has 1 fully saturated rings. The van der Waals surface area contributed by atoms with E-state index in [0.29, 0.717) is 11.0 Å². The number of aromatic nitrogens is 2. The molecule has 1 saturated heterocycles. The number of nitrogen functional groups attached to an aromatic ring is 1. The summed E-state index contributed by atoms with van der Waals surface area (Å²) in [6.07, 6.45) is 3.03. The molecule has 0 amide bonds. The minimum atomic E-state index is -4.38. The number of anilines is 1. The number of halogens is 2. The Bertz CT molecular complexity index is 763. The minimum Gasteiger partial charge on any atom is -0.383 e. The van der Waals surface area contributed by atoms with Crippen molar-refractivity contribution < 1.29 is 32.0 Å². The van der Waals surface area contributed by atoms with Crippen LogP contribution in [-0.4, -0.2) is 39.7 Å². The van der Waals surface area contributed by atoms with Gasteiger partial charge in [-0.1, -0.05) is 39.0 Å². The maximum absolute atomic E-state index is 14.3. The lowest BCUT2D eigenvalue weighted by Gasteiger charge is -2.19. The molecule has 2 heterocycles. The number of rotatable bonds is 12. The van der Waals surface area contributed by atoms with Crippen LogP contribution in [0.15, 0.2) is 17.1 Å². The van der Waals surface area contributed by atoms with E-state index in [-0.39, 0.29) is 12.4 Å². The van der Waals surface area contributed by atoms with Crippen molar-refractivity contribution in [2.45, 2.75) is 70.1 Å². The molecular formula is C17H28F2N3O6P. The molecule has 0 spiro atoms. The molecule has 0 bridgehead atoms. The van der Waals surface area contributed by atoms with E-state index in [1.54, 1.807) is 0 Å². The molecule has 9 nitrogen and oxygen atoms in total. The Balaban J connectivity index is 1.80. The second-order valence-electron chi connectivity index (χ2n) is 6.98. The molecule has 3 atom stereocenters. The highest BCUT2D eigenvalue weighted by Crippen LogP contribution is 2.46. The van der Waals surface area contributed by atoms with E-state index in [4.69, 9.17) is 19.5 Å². The van der Waals surface area contributed by atoms with Gasteiger partial charge in [-0.2, -0.15) is 4.98 Å². The number of alkyl halides is 2. The molecule has 2 rings (SSSR count). The lowest BCUT2D eigenvalue weighted by molar-refractivity contribution is -0.120. The highest BCUT2D eigenvalue weighted by atomic mass is 31.2. The third-order valence-electron chi connectivity index (χ3n) is 4.46. The summed E-state index contributed by atoms with van der Waals surface area (Å²) in [5.74, 6) is -3.50. The van der Waals surface area contributed by atoms with Crippen LogP contribution in [0.2, 0.25) is 0 Å². The van der Waals surface area contributed by atoms with E-state index in [9.17, 15) is 23.0 Å². The lowest BCUT2D eigenvalue weighted by Crippen LogP contribution is -2.35. The van der Waals surface area contributed by atoms with Crippen LogP contribution >= 0.6 is 7.82 Å². The topological polar surface area (TPSA) is 126 Å². The third kappa shape index (κ3) is 7.42. The molecule has 1 aromatic heterocycles. The van der Waals surface area contributed by atoms with Crippen LogP contribution in [0.4, 0.5) is 14.6 Å². The Hall–Kier alpha value is -1.39. The van der Waals surface area contributed by atoms with Crippen molar-refractivity contribution in [1.29, 1.82) is 0 Å². The normalized spacial score (nSPS) is 23.2. The first kappa shape index (κ1) is 23.9. The number of ether oxygens (including phenoxy) is 1. The maximum atomic E-state index is 14.3. The molecule has 0 radical (unpaired) electrons. The number of hydrogen-bond acceptors (Lipinski definition) is 7. The summed E-state index contributed by atoms with van der Waals surface area (Å²) in [7, 11) is -4.38. The molecule has 0 aliphatic carbocycles. The Morgan fingerprint density at radius 1 is 1.34 bits per heavy atom. The Morgan fingerprint density at radius 2 is 2.03 bits per heavy atom. The van der Waals surface area contributed by atoms with Crippen molar-refractivity contribution in [3.8, 4) is 0 Å². The zero-order valence-electron chi connectivity index (χ0n) is 16.3. The first-order chi connectivity index (χ1) is 13.6. The number of hydrogen-bond donors (Lipinski definition) is 2. The maximum Gasteiger partial charge on any atom is 0.472 e. The van der Waals surface area contributed by atoms with Crippen molar-refractivity contribution in [3.05, 3.63) is 22.7 Å². The van der Waals surface area contributed by atoms with E-state index < -0.39 is 44.8 Å². The summed E-state index contributed by atoms with van der Waals surface area (Å²) in [5.41, 5.74) is 4.37. The van der Waals surface area contributed by atoms with Crippen LogP contribution in [0.3, 0.4) is 0 Å². The minimum absolute atomic E-state index is 0.0384. The second-order valence-corrected chi connectivity index (χ2v) is 8.44. The Labute approximate surface area is 167 Å². The first-order valence-electron chi connectivity index (χ1n) is 9.64. The number of phosphoric acid groups is 1. The average Bonchev–Trinajstić information content (AvgIpc) is 2.94. The summed E-state index contributed by atoms with van der Waals surface area (Å²) < 4.78 is 55.9. The molecule has 3 unspecified atom stereocenters. The summed E-state index contributed by atoms with van der Waals surface area (Å²) >= 11 is 0. The predicted octanol–water partition coefficient (Wildman–Crippen LogP) is 3.24. The van der Waals surface area contributed by atoms with Gasteiger partial charge in [0.2, 0.25) is 6.23 Å². The van der Waals surface area contributed by atoms with Gasteiger partial charge >= 0.3 is 13.5 Å². The van der Waals surface area contributed by atoms with Gasteiger partial charge in [-0.15, -0.1) is 0 Å². The van der Waals surface area contributed by atoms with Gasteiger partial charge in [-0.05, 0) is 12.5 Å². The van der Waals surface area contributed by atoms with Crippen molar-refractivity contribution in [2.24, 2.45) is 0 Å². The summed E-state index contributed by atoms with van der Waals surface area (Å²) in [4.78, 5) is 24.9. The zero-order valence-corrected chi connectivity index (χ0v) is 17.2. The summed E-state index contributed by atoms with van der Waals surface area (Å²) in [5, 5.41) is 0. The van der Waals surface area contributed by atoms with Gasteiger partial charge in [0.25, 0.3) is 5.92 Å². The van der Waals surface area contributed by atoms with Gasteiger partial charge in [-0.3, -0.25) is 13.6 Å². The highest BCUT2D eigenvalue weighted by Gasteiger charge is 2.52. The smallest absolute Gasteiger partial charge is 0.383 e. The molecular weight excluding hydrogens is 411 g/mol. The molecule has 1 aliphatic heterocycles. The van der Waals surface area contributed by atoms with Crippen molar-refractivity contribution in [1.82, 2.24) is 9.55 Å². The fourth-order valence-corrected chi connectivity index (χ4v) is 3.77.